The summed E-state index contributed by atoms with van der Waals surface area (Å²) in [6.45, 7) is 0. The molecular weight excluding hydrogens is 372 g/mol. The minimum Gasteiger partial charge on any atom is 0 e. The van der Waals surface area contributed by atoms with Crippen molar-refractivity contribution in [3.05, 3.63) is 0 Å². The van der Waals surface area contributed by atoms with Crippen LogP contribution in [0.4, 0.5) is 0 Å². The van der Waals surface area contributed by atoms with Crippen LogP contribution in [0.15, 0.2) is 0 Å². The predicted molar refractivity (Wildman–Crippen MR) is 18.8 cm³/mol. The summed E-state index contributed by atoms with van der Waals surface area (Å²) in [4.78, 5) is 0. The third-order valence-electron chi connectivity index (χ3n) is 0. The van der Waals surface area contributed by atoms with Crippen LogP contribution in [0.2, 0.25) is 0 Å². The summed E-state index contributed by atoms with van der Waals surface area (Å²) < 4.78 is 29.5. The Balaban J connectivity index is -0.0000000800. The van der Waals surface area contributed by atoms with Gasteiger partial charge in [-0.3, -0.25) is 0 Å². The summed E-state index contributed by atoms with van der Waals surface area (Å²) in [5.41, 5.74) is 0. The van der Waals surface area contributed by atoms with Crippen molar-refractivity contribution < 1.29 is 51.4 Å². The van der Waals surface area contributed by atoms with Crippen molar-refractivity contribution in [2.24, 2.45) is 0 Å². The molecule has 7 heteroatoms. The first-order chi connectivity index (χ1) is 2.00. The van der Waals surface area contributed by atoms with Gasteiger partial charge in [-0.15, -0.1) is 0 Å². The van der Waals surface area contributed by atoms with Gasteiger partial charge in [-0.1, -0.05) is 0 Å². The molecule has 45 valence electrons. The van der Waals surface area contributed by atoms with Crippen LogP contribution in [0.5, 0.6) is 0 Å². The molecule has 0 atom stereocenters. The molecule has 0 aromatic carbocycles. The first-order valence-electron chi connectivity index (χ1n) is 0.894. The van der Waals surface area contributed by atoms with E-state index in [0.717, 1.165) is 0 Å². The predicted octanol–water partition coefficient (Wildman–Crippen LogP) is -3.42. The van der Waals surface area contributed by atoms with Gasteiger partial charge in [0.05, 0.1) is 0 Å². The van der Waals surface area contributed by atoms with E-state index in [-0.39, 0.29) is 44.8 Å². The van der Waals surface area contributed by atoms with Gasteiger partial charge in [-0.25, -0.2) is 0 Å². The van der Waals surface area contributed by atoms with Crippen LogP contribution >= 0.6 is 0 Å². The van der Waals surface area contributed by atoms with Crippen molar-refractivity contribution in [2.45, 2.75) is 0 Å². The Hall–Kier alpha value is 2.02. The van der Waals surface area contributed by atoms with Crippen LogP contribution in [-0.4, -0.2) is 41.0 Å². The smallest absolute Gasteiger partial charge is 0 e. The fourth-order valence-corrected chi connectivity index (χ4v) is 0. The molecule has 0 fully saturated rings. The molecule has 0 aliphatic carbocycles. The maximum Gasteiger partial charge on any atom is 0 e. The Morgan fingerprint density at radius 3 is 0.857 bits per heavy atom. The van der Waals surface area contributed by atoms with E-state index in [9.17, 15) is 0 Å². The molecule has 0 bridgehead atoms. The van der Waals surface area contributed by atoms with Crippen molar-refractivity contribution in [1.82, 2.24) is 0 Å². The molecular formula is H7BiO4TiV. The van der Waals surface area contributed by atoms with Gasteiger partial charge in [-0.2, -0.15) is 0 Å². The molecule has 0 unspecified atom stereocenters. The average Bonchev–Trinajstić information content (AvgIpc) is 0.722. The van der Waals surface area contributed by atoms with Crippen LogP contribution < -0.4 is 0 Å². The maximum absolute atomic E-state index is 7.38. The van der Waals surface area contributed by atoms with E-state index in [0.29, 0.717) is 0 Å². The molecule has 0 amide bonds. The van der Waals surface area contributed by atoms with Gasteiger partial charge >= 0.3 is 59.1 Å². The SMILES string of the molecule is [BiH3].[OH][Ti]([OH])([OH])[OH].[V]. The van der Waals surface area contributed by atoms with Crippen molar-refractivity contribution in [2.75, 3.05) is 0 Å². The first kappa shape index (κ1) is 16.0. The molecule has 0 aromatic rings. The molecule has 0 aliphatic heterocycles. The fraction of sp³-hybridized carbons (Fsp3) is 0. The molecule has 4 N–H and O–H groups in total. The zero-order valence-corrected chi connectivity index (χ0v) is 11.9. The Morgan fingerprint density at radius 2 is 0.857 bits per heavy atom. The maximum atomic E-state index is 7.38. The molecule has 0 heterocycles. The van der Waals surface area contributed by atoms with Gasteiger partial charge in [0.25, 0.3) is 0 Å². The van der Waals surface area contributed by atoms with Crippen molar-refractivity contribution in [3.8, 4) is 0 Å². The van der Waals surface area contributed by atoms with Crippen molar-refractivity contribution in [1.29, 1.82) is 0 Å². The molecule has 1 radical (unpaired) electrons. The van der Waals surface area contributed by atoms with Crippen molar-refractivity contribution in [3.63, 3.8) is 0 Å². The Morgan fingerprint density at radius 1 is 0.857 bits per heavy atom. The third-order valence-corrected chi connectivity index (χ3v) is 0. The summed E-state index contributed by atoms with van der Waals surface area (Å²) in [6.07, 6.45) is 0. The van der Waals surface area contributed by atoms with Gasteiger partial charge in [0, 0.05) is 18.6 Å². The summed E-state index contributed by atoms with van der Waals surface area (Å²) in [7, 11) is 0. The van der Waals surface area contributed by atoms with Crippen LogP contribution in [0.25, 0.3) is 0 Å². The van der Waals surface area contributed by atoms with Crippen LogP contribution in [0.3, 0.4) is 0 Å². The molecule has 7 heavy (non-hydrogen) atoms. The van der Waals surface area contributed by atoms with E-state index >= 15 is 0 Å². The van der Waals surface area contributed by atoms with E-state index in [4.69, 9.17) is 14.8 Å². The number of rotatable bonds is 0. The standard InChI is InChI=1S/Bi.4H2O.Ti.V.3H/h;4*1H2;;;;;/q;;;;;+4;;;;/p-4. The van der Waals surface area contributed by atoms with Gasteiger partial charge < -0.3 is 0 Å². The summed E-state index contributed by atoms with van der Waals surface area (Å²) in [6, 6.07) is 0. The number of hydrogen-bond donors (Lipinski definition) is 4. The normalized spacial score (nSPS) is 8.57. The van der Waals surface area contributed by atoms with E-state index < -0.39 is 18.1 Å². The molecule has 0 aliphatic rings. The Bertz CT molecular complexity index is 27.2. The van der Waals surface area contributed by atoms with Gasteiger partial charge in [0.2, 0.25) is 0 Å². The second-order valence-electron chi connectivity index (χ2n) is 0.600. The van der Waals surface area contributed by atoms with Gasteiger partial charge in [0.15, 0.2) is 0 Å². The number of hydrogen-bond acceptors (Lipinski definition) is 4. The van der Waals surface area contributed by atoms with Crippen molar-refractivity contribution >= 4 is 26.2 Å². The molecule has 0 saturated heterocycles. The average molecular weight is 379 g/mol. The minimum absolute atomic E-state index is 0. The van der Waals surface area contributed by atoms with Gasteiger partial charge in [0.1, 0.15) is 0 Å². The molecule has 0 aromatic heterocycles. The molecule has 0 spiro atoms. The monoisotopic (exact) mass is 379 g/mol. The van der Waals surface area contributed by atoms with E-state index in [2.05, 4.69) is 0 Å². The zero-order valence-electron chi connectivity index (χ0n) is 3.44. The minimum atomic E-state index is -5.00. The van der Waals surface area contributed by atoms with Gasteiger partial charge in [-0.05, 0) is 0 Å². The van der Waals surface area contributed by atoms with E-state index in [1.165, 1.54) is 0 Å². The summed E-state index contributed by atoms with van der Waals surface area (Å²) >= 11 is -5.00. The summed E-state index contributed by atoms with van der Waals surface area (Å²) in [5.74, 6) is 0. The quantitative estimate of drug-likeness (QED) is 0.331. The molecule has 4 nitrogen and oxygen atoms in total. The van der Waals surface area contributed by atoms with E-state index in [1.807, 2.05) is 0 Å². The fourth-order valence-electron chi connectivity index (χ4n) is 0. The van der Waals surface area contributed by atoms with E-state index in [1.54, 1.807) is 0 Å². The third kappa shape index (κ3) is 71.2. The van der Waals surface area contributed by atoms with Crippen LogP contribution in [-0.2, 0) is 36.7 Å². The first-order valence-corrected chi connectivity index (χ1v) is 3.69. The Kier molecular flexibility index (Phi) is 14.1. The second kappa shape index (κ2) is 6.15. The van der Waals surface area contributed by atoms with Crippen LogP contribution in [0, 0.1) is 0 Å². The molecule has 0 saturated carbocycles. The largest absolute Gasteiger partial charge is 0 e. The topological polar surface area (TPSA) is 80.9 Å². The second-order valence-corrected chi connectivity index (χ2v) is 2.47. The Labute approximate surface area is 76.8 Å². The molecule has 0 rings (SSSR count). The van der Waals surface area contributed by atoms with Crippen LogP contribution in [0.1, 0.15) is 0 Å². The zero-order chi connectivity index (χ0) is 4.50. The summed E-state index contributed by atoms with van der Waals surface area (Å²) in [5, 5.41) is 0.